The summed E-state index contributed by atoms with van der Waals surface area (Å²) < 4.78 is 0.828. The molecular formula is C31H29N7O2S. The Balaban J connectivity index is 1.17. The number of aryl methyl sites for hydroxylation is 1. The molecule has 41 heavy (non-hydrogen) atoms. The Morgan fingerprint density at radius 2 is 1.66 bits per heavy atom. The predicted octanol–water partition coefficient (Wildman–Crippen LogP) is 5.86. The van der Waals surface area contributed by atoms with Gasteiger partial charge in [-0.15, -0.1) is 11.3 Å². The normalized spacial score (nSPS) is 13.3. The van der Waals surface area contributed by atoms with Crippen LogP contribution < -0.4 is 21.3 Å². The van der Waals surface area contributed by atoms with Crippen LogP contribution in [-0.4, -0.2) is 53.0 Å². The Morgan fingerprint density at radius 3 is 2.39 bits per heavy atom. The second-order valence-electron chi connectivity index (χ2n) is 9.92. The molecule has 1 fully saturated rings. The van der Waals surface area contributed by atoms with Crippen molar-refractivity contribution in [3.05, 3.63) is 95.8 Å². The lowest BCUT2D eigenvalue weighted by atomic mass is 10.0. The van der Waals surface area contributed by atoms with Crippen molar-refractivity contribution in [1.82, 2.24) is 14.9 Å². The number of urea groups is 1. The van der Waals surface area contributed by atoms with Gasteiger partial charge < -0.3 is 26.2 Å². The second kappa shape index (κ2) is 11.3. The highest BCUT2D eigenvalue weighted by Gasteiger charge is 2.26. The molecule has 3 aromatic heterocycles. The fourth-order valence-electron chi connectivity index (χ4n) is 5.07. The third-order valence-electron chi connectivity index (χ3n) is 7.18. The van der Waals surface area contributed by atoms with E-state index in [0.29, 0.717) is 30.2 Å². The Bertz CT molecular complexity index is 1710. The molecule has 0 unspecified atom stereocenters. The molecule has 9 nitrogen and oxygen atoms in total. The van der Waals surface area contributed by atoms with Gasteiger partial charge in [0, 0.05) is 72.8 Å². The van der Waals surface area contributed by atoms with Gasteiger partial charge in [-0.1, -0.05) is 24.3 Å². The summed E-state index contributed by atoms with van der Waals surface area (Å²) in [4.78, 5) is 38.7. The average Bonchev–Trinajstić information content (AvgIpc) is 3.44. The van der Waals surface area contributed by atoms with Gasteiger partial charge in [0.1, 0.15) is 5.82 Å². The highest BCUT2D eigenvalue weighted by atomic mass is 32.1. The molecule has 6 rings (SSSR count). The van der Waals surface area contributed by atoms with E-state index in [1.165, 1.54) is 11.3 Å². The van der Waals surface area contributed by atoms with Crippen molar-refractivity contribution in [3.63, 3.8) is 0 Å². The van der Waals surface area contributed by atoms with Crippen molar-refractivity contribution >= 4 is 56.2 Å². The summed E-state index contributed by atoms with van der Waals surface area (Å²) in [5, 5.41) is 8.49. The third kappa shape index (κ3) is 5.55. The number of nitrogens with zero attached hydrogens (tertiary/aromatic N) is 4. The van der Waals surface area contributed by atoms with Crippen molar-refractivity contribution in [1.29, 1.82) is 0 Å². The van der Waals surface area contributed by atoms with Crippen molar-refractivity contribution in [3.8, 4) is 11.1 Å². The van der Waals surface area contributed by atoms with E-state index in [2.05, 4.69) is 25.5 Å². The number of piperazine rings is 1. The zero-order valence-electron chi connectivity index (χ0n) is 22.5. The number of anilines is 4. The van der Waals surface area contributed by atoms with Gasteiger partial charge in [0.2, 0.25) is 0 Å². The lowest BCUT2D eigenvalue weighted by Crippen LogP contribution is -2.48. The van der Waals surface area contributed by atoms with E-state index in [0.717, 1.165) is 51.2 Å². The number of aromatic nitrogens is 2. The molecule has 1 aliphatic heterocycles. The summed E-state index contributed by atoms with van der Waals surface area (Å²) in [5.74, 6) is 0.347. The highest BCUT2D eigenvalue weighted by Crippen LogP contribution is 2.39. The number of pyridine rings is 2. The van der Waals surface area contributed by atoms with Crippen LogP contribution in [0.3, 0.4) is 0 Å². The highest BCUT2D eigenvalue weighted by molar-refractivity contribution is 7.18. The summed E-state index contributed by atoms with van der Waals surface area (Å²) in [5.41, 5.74) is 12.3. The summed E-state index contributed by atoms with van der Waals surface area (Å²) >= 11 is 1.49. The van der Waals surface area contributed by atoms with Gasteiger partial charge in [0.05, 0.1) is 10.3 Å². The molecule has 10 heteroatoms. The van der Waals surface area contributed by atoms with Gasteiger partial charge in [0.25, 0.3) is 5.91 Å². The fourth-order valence-corrected chi connectivity index (χ4v) is 6.16. The van der Waals surface area contributed by atoms with Crippen LogP contribution in [0.15, 0.2) is 84.6 Å². The lowest BCUT2D eigenvalue weighted by Gasteiger charge is -2.36. The van der Waals surface area contributed by atoms with Crippen LogP contribution in [0.25, 0.3) is 21.2 Å². The Hall–Kier alpha value is -4.96. The molecule has 1 saturated heterocycles. The van der Waals surface area contributed by atoms with E-state index in [1.807, 2.05) is 77.9 Å². The van der Waals surface area contributed by atoms with E-state index in [9.17, 15) is 9.59 Å². The van der Waals surface area contributed by atoms with Crippen LogP contribution in [0.4, 0.5) is 27.7 Å². The van der Waals surface area contributed by atoms with E-state index >= 15 is 0 Å². The summed E-state index contributed by atoms with van der Waals surface area (Å²) in [7, 11) is 0. The summed E-state index contributed by atoms with van der Waals surface area (Å²) in [6, 6.07) is 18.8. The van der Waals surface area contributed by atoms with Crippen molar-refractivity contribution in [2.24, 2.45) is 0 Å². The van der Waals surface area contributed by atoms with E-state index < -0.39 is 0 Å². The molecule has 2 aromatic carbocycles. The largest absolute Gasteiger partial charge is 0.383 e. The number of carbonyl (C=O) groups is 2. The number of hydrogen-bond donors (Lipinski definition) is 3. The van der Waals surface area contributed by atoms with Crippen LogP contribution >= 0.6 is 11.3 Å². The minimum absolute atomic E-state index is 0.0375. The molecule has 3 amide bonds. The minimum Gasteiger partial charge on any atom is -0.383 e. The number of nitrogens with two attached hydrogens (primary N) is 1. The maximum Gasteiger partial charge on any atom is 0.323 e. The molecule has 0 atom stereocenters. The first kappa shape index (κ1) is 26.3. The number of nitrogens with one attached hydrogen (secondary N) is 2. The van der Waals surface area contributed by atoms with E-state index in [-0.39, 0.29) is 11.9 Å². The second-order valence-corrected chi connectivity index (χ2v) is 10.8. The number of hydrogen-bond acceptors (Lipinski definition) is 7. The van der Waals surface area contributed by atoms with Crippen LogP contribution in [0.2, 0.25) is 0 Å². The van der Waals surface area contributed by atoms with Crippen molar-refractivity contribution in [2.45, 2.75) is 6.92 Å². The topological polar surface area (TPSA) is 116 Å². The predicted molar refractivity (Wildman–Crippen MR) is 166 cm³/mol. The molecule has 0 saturated carbocycles. The van der Waals surface area contributed by atoms with Gasteiger partial charge in [-0.25, -0.2) is 9.78 Å². The van der Waals surface area contributed by atoms with Gasteiger partial charge in [-0.05, 0) is 59.8 Å². The zero-order valence-corrected chi connectivity index (χ0v) is 23.3. The number of amides is 3. The maximum absolute atomic E-state index is 13.6. The smallest absolute Gasteiger partial charge is 0.323 e. The number of fused-ring (bicyclic) bond motifs is 1. The number of nitrogen functional groups attached to an aromatic ring is 1. The molecule has 0 radical (unpaired) electrons. The number of carbonyl (C=O) groups excluding carboxylic acids is 2. The third-order valence-corrected chi connectivity index (χ3v) is 8.19. The molecule has 1 aliphatic rings. The van der Waals surface area contributed by atoms with Crippen molar-refractivity contribution in [2.75, 3.05) is 47.4 Å². The van der Waals surface area contributed by atoms with Crippen LogP contribution in [0.5, 0.6) is 0 Å². The number of thiophene rings is 1. The Morgan fingerprint density at radius 1 is 0.927 bits per heavy atom. The van der Waals surface area contributed by atoms with Crippen LogP contribution in [0, 0.1) is 6.92 Å². The first-order valence-corrected chi connectivity index (χ1v) is 14.2. The quantitative estimate of drug-likeness (QED) is 0.247. The SMILES string of the molecule is Cc1cccc(NC(=O)Nc2ccc(-c3csc4c(C(=O)N5CCN(c6ccncc6)CC5)cnc(N)c34)cc2)c1. The molecule has 0 spiro atoms. The average molecular weight is 564 g/mol. The minimum atomic E-state index is -0.317. The Labute approximate surface area is 241 Å². The number of benzene rings is 2. The van der Waals surface area contributed by atoms with Gasteiger partial charge in [-0.3, -0.25) is 9.78 Å². The van der Waals surface area contributed by atoms with Crippen LogP contribution in [-0.2, 0) is 0 Å². The van der Waals surface area contributed by atoms with Gasteiger partial charge in [0.15, 0.2) is 0 Å². The first-order chi connectivity index (χ1) is 20.0. The molecule has 4 N–H and O–H groups in total. The lowest BCUT2D eigenvalue weighted by molar-refractivity contribution is 0.0748. The molecular weight excluding hydrogens is 534 g/mol. The first-order valence-electron chi connectivity index (χ1n) is 13.3. The van der Waals surface area contributed by atoms with E-state index in [1.54, 1.807) is 18.6 Å². The number of rotatable bonds is 5. The van der Waals surface area contributed by atoms with Gasteiger partial charge in [-0.2, -0.15) is 0 Å². The zero-order chi connectivity index (χ0) is 28.3. The van der Waals surface area contributed by atoms with Gasteiger partial charge >= 0.3 is 6.03 Å². The van der Waals surface area contributed by atoms with E-state index in [4.69, 9.17) is 5.73 Å². The maximum atomic E-state index is 13.6. The monoisotopic (exact) mass is 563 g/mol. The summed E-state index contributed by atoms with van der Waals surface area (Å²) in [6.07, 6.45) is 5.16. The molecule has 0 aliphatic carbocycles. The standard InChI is InChI=1S/C31H29N7O2S/c1-20-3-2-4-23(17-20)36-31(40)35-22-7-5-21(6-8-22)26-19-41-28-25(18-34-29(32)27(26)28)30(39)38-15-13-37(14-16-38)24-9-11-33-12-10-24/h2-12,17-19H,13-16H2,1H3,(H2,32,34)(H2,35,36,40). The molecule has 0 bridgehead atoms. The molecule has 5 aromatic rings. The van der Waals surface area contributed by atoms with Crippen LogP contribution in [0.1, 0.15) is 15.9 Å². The molecule has 4 heterocycles. The Kier molecular flexibility index (Phi) is 7.22. The fraction of sp³-hybridized carbons (Fsp3) is 0.161. The molecule has 206 valence electrons. The summed E-state index contributed by atoms with van der Waals surface area (Å²) in [6.45, 7) is 4.72. The van der Waals surface area contributed by atoms with Crippen molar-refractivity contribution < 1.29 is 9.59 Å².